The van der Waals surface area contributed by atoms with Crippen molar-refractivity contribution >= 4 is 12.7 Å². The minimum atomic E-state index is -2.64. The van der Waals surface area contributed by atoms with E-state index in [1.54, 1.807) is 0 Å². The maximum Gasteiger partial charge on any atom is 0.514 e. The molecule has 0 atom stereocenters. The molecule has 20 heavy (non-hydrogen) atoms. The van der Waals surface area contributed by atoms with Crippen LogP contribution in [-0.2, 0) is 20.8 Å². The predicted molar refractivity (Wildman–Crippen MR) is 69.9 cm³/mol. The molecule has 0 bridgehead atoms. The molecular weight excluding hydrogens is 269 g/mol. The number of ether oxygens (including phenoxy) is 1. The second-order valence-electron chi connectivity index (χ2n) is 5.80. The highest BCUT2D eigenvalue weighted by molar-refractivity contribution is 6.61. The molecule has 1 aromatic rings. The van der Waals surface area contributed by atoms with Gasteiger partial charge < -0.3 is 14.0 Å². The Morgan fingerprint density at radius 1 is 1.30 bits per heavy atom. The van der Waals surface area contributed by atoms with Crippen LogP contribution in [0.25, 0.3) is 0 Å². The third-order valence-electron chi connectivity index (χ3n) is 3.80. The van der Waals surface area contributed by atoms with Crippen LogP contribution in [0.3, 0.4) is 0 Å². The van der Waals surface area contributed by atoms with E-state index in [2.05, 4.69) is 5.10 Å². The van der Waals surface area contributed by atoms with Crippen LogP contribution >= 0.6 is 0 Å². The Hall–Kier alpha value is -0.985. The van der Waals surface area contributed by atoms with Crippen LogP contribution in [0.2, 0.25) is 0 Å². The van der Waals surface area contributed by atoms with E-state index in [0.717, 1.165) is 0 Å². The Kier molecular flexibility index (Phi) is 3.92. The van der Waals surface area contributed by atoms with Gasteiger partial charge in [0.15, 0.2) is 0 Å². The van der Waals surface area contributed by atoms with E-state index in [4.69, 9.17) is 14.0 Å². The summed E-state index contributed by atoms with van der Waals surface area (Å²) in [6.07, 6.45) is -2.64. The van der Waals surface area contributed by atoms with Gasteiger partial charge in [0.05, 0.1) is 16.8 Å². The number of alkyl halides is 2. The third kappa shape index (κ3) is 2.59. The molecule has 0 unspecified atom stereocenters. The quantitative estimate of drug-likeness (QED) is 0.791. The molecule has 2 rings (SSSR count). The molecule has 112 valence electrons. The molecule has 0 amide bonds. The Morgan fingerprint density at radius 2 is 1.85 bits per heavy atom. The van der Waals surface area contributed by atoms with E-state index >= 15 is 0 Å². The zero-order chi connectivity index (χ0) is 15.1. The molecule has 0 aromatic carbocycles. The molecule has 0 saturated carbocycles. The van der Waals surface area contributed by atoms with Gasteiger partial charge in [-0.05, 0) is 33.8 Å². The fraction of sp³-hybridized carbons (Fsp3) is 0.750. The highest BCUT2D eigenvalue weighted by atomic mass is 19.3. The predicted octanol–water partition coefficient (Wildman–Crippen LogP) is 1.72. The van der Waals surface area contributed by atoms with E-state index in [0.29, 0.717) is 5.59 Å². The van der Waals surface area contributed by atoms with Gasteiger partial charge in [-0.1, -0.05) is 0 Å². The fourth-order valence-corrected chi connectivity index (χ4v) is 1.94. The molecule has 1 aromatic heterocycles. The van der Waals surface area contributed by atoms with Gasteiger partial charge >= 0.3 is 7.12 Å². The van der Waals surface area contributed by atoms with Crippen molar-refractivity contribution in [1.82, 2.24) is 9.78 Å². The van der Waals surface area contributed by atoms with Crippen LogP contribution < -0.4 is 5.59 Å². The van der Waals surface area contributed by atoms with Crippen molar-refractivity contribution in [3.8, 4) is 0 Å². The fourth-order valence-electron chi connectivity index (χ4n) is 1.94. The lowest BCUT2D eigenvalue weighted by Gasteiger charge is -2.32. The van der Waals surface area contributed by atoms with Crippen molar-refractivity contribution in [3.63, 3.8) is 0 Å². The van der Waals surface area contributed by atoms with Crippen LogP contribution in [0.15, 0.2) is 6.07 Å². The number of hydrogen-bond acceptors (Lipinski definition) is 4. The summed E-state index contributed by atoms with van der Waals surface area (Å²) in [5, 5.41) is 3.82. The number of halogens is 2. The summed E-state index contributed by atoms with van der Waals surface area (Å²) in [5.74, 6) is 0. The lowest BCUT2D eigenvalue weighted by atomic mass is 9.84. The number of rotatable bonds is 4. The summed E-state index contributed by atoms with van der Waals surface area (Å²) in [6, 6.07) is 1.30. The maximum atomic E-state index is 12.8. The van der Waals surface area contributed by atoms with Crippen LogP contribution in [0.1, 0.15) is 39.8 Å². The number of hydrogen-bond donors (Lipinski definition) is 0. The highest BCUT2D eigenvalue weighted by Gasteiger charge is 2.53. The third-order valence-corrected chi connectivity index (χ3v) is 3.80. The van der Waals surface area contributed by atoms with E-state index in [-0.39, 0.29) is 12.4 Å². The van der Waals surface area contributed by atoms with Gasteiger partial charge in [-0.15, -0.1) is 0 Å². The van der Waals surface area contributed by atoms with Gasteiger partial charge in [-0.2, -0.15) is 5.10 Å². The second kappa shape index (κ2) is 5.09. The second-order valence-corrected chi connectivity index (χ2v) is 5.80. The van der Waals surface area contributed by atoms with E-state index < -0.39 is 24.7 Å². The molecule has 1 aliphatic heterocycles. The number of nitrogens with zero attached hydrogens (tertiary/aromatic N) is 2. The van der Waals surface area contributed by atoms with Gasteiger partial charge in [0, 0.05) is 7.11 Å². The van der Waals surface area contributed by atoms with Crippen molar-refractivity contribution in [1.29, 1.82) is 0 Å². The molecular formula is C12H19BF2N2O3. The smallest absolute Gasteiger partial charge is 0.398 e. The standard InChI is InChI=1S/C12H19BF2N2O3/c1-11(2)12(3,4)20-13(19-11)9-6-8(10(14)15)16-17(9)7-18-5/h6,10H,7H2,1-5H3. The molecule has 0 radical (unpaired) electrons. The maximum absolute atomic E-state index is 12.8. The van der Waals surface area contributed by atoms with Gasteiger partial charge in [0.25, 0.3) is 6.43 Å². The molecule has 0 spiro atoms. The highest BCUT2D eigenvalue weighted by Crippen LogP contribution is 2.36. The van der Waals surface area contributed by atoms with Gasteiger partial charge in [-0.25, -0.2) is 13.5 Å². The average Bonchev–Trinajstić information content (AvgIpc) is 2.79. The first-order valence-corrected chi connectivity index (χ1v) is 6.38. The molecule has 0 aliphatic carbocycles. The first-order valence-electron chi connectivity index (χ1n) is 6.38. The zero-order valence-corrected chi connectivity index (χ0v) is 12.3. The van der Waals surface area contributed by atoms with Crippen molar-refractivity contribution in [2.75, 3.05) is 7.11 Å². The molecule has 0 N–H and O–H groups in total. The minimum Gasteiger partial charge on any atom is -0.398 e. The van der Waals surface area contributed by atoms with Gasteiger partial charge in [0.1, 0.15) is 12.4 Å². The van der Waals surface area contributed by atoms with Gasteiger partial charge in [-0.3, -0.25) is 0 Å². The SMILES string of the molecule is COCn1nc(C(F)F)cc1B1OC(C)(C)C(C)(C)O1. The topological polar surface area (TPSA) is 45.5 Å². The summed E-state index contributed by atoms with van der Waals surface area (Å²) in [4.78, 5) is 0. The number of methoxy groups -OCH3 is 1. The van der Waals surface area contributed by atoms with Crippen LogP contribution in [-0.4, -0.2) is 35.2 Å². The Bertz CT molecular complexity index is 475. The zero-order valence-electron chi connectivity index (χ0n) is 12.3. The summed E-state index contributed by atoms with van der Waals surface area (Å²) >= 11 is 0. The van der Waals surface area contributed by atoms with Crippen LogP contribution in [0.4, 0.5) is 8.78 Å². The lowest BCUT2D eigenvalue weighted by molar-refractivity contribution is 0.00578. The first-order chi connectivity index (χ1) is 9.18. The summed E-state index contributed by atoms with van der Waals surface area (Å²) in [5.41, 5.74) is -0.956. The van der Waals surface area contributed by atoms with Crippen LogP contribution in [0, 0.1) is 0 Å². The van der Waals surface area contributed by atoms with E-state index in [9.17, 15) is 8.78 Å². The average molecular weight is 288 g/mol. The molecule has 1 fully saturated rings. The molecule has 1 aliphatic rings. The van der Waals surface area contributed by atoms with Crippen molar-refractivity contribution < 1.29 is 22.8 Å². The summed E-state index contributed by atoms with van der Waals surface area (Å²) in [6.45, 7) is 7.67. The lowest BCUT2D eigenvalue weighted by Crippen LogP contribution is -2.41. The normalized spacial score (nSPS) is 20.9. The van der Waals surface area contributed by atoms with Crippen molar-refractivity contribution in [2.45, 2.75) is 52.1 Å². The Morgan fingerprint density at radius 3 is 2.30 bits per heavy atom. The Balaban J connectivity index is 2.33. The molecule has 8 heteroatoms. The Labute approximate surface area is 117 Å². The molecule has 5 nitrogen and oxygen atoms in total. The largest absolute Gasteiger partial charge is 0.514 e. The molecule has 2 heterocycles. The minimum absolute atomic E-state index is 0.0616. The van der Waals surface area contributed by atoms with E-state index in [1.165, 1.54) is 17.9 Å². The van der Waals surface area contributed by atoms with Gasteiger partial charge in [0.2, 0.25) is 0 Å². The molecule has 1 saturated heterocycles. The summed E-state index contributed by atoms with van der Waals surface area (Å²) < 4.78 is 43.6. The summed E-state index contributed by atoms with van der Waals surface area (Å²) in [7, 11) is 0.729. The monoisotopic (exact) mass is 288 g/mol. The van der Waals surface area contributed by atoms with Crippen molar-refractivity contribution in [2.24, 2.45) is 0 Å². The number of aromatic nitrogens is 2. The van der Waals surface area contributed by atoms with Crippen molar-refractivity contribution in [3.05, 3.63) is 11.8 Å². The van der Waals surface area contributed by atoms with Crippen LogP contribution in [0.5, 0.6) is 0 Å². The van der Waals surface area contributed by atoms with E-state index in [1.807, 2.05) is 27.7 Å². The first kappa shape index (κ1) is 15.4.